The molecule has 2 rings (SSSR count). The van der Waals surface area contributed by atoms with E-state index in [1.807, 2.05) is 19.1 Å². The molecule has 1 atom stereocenters. The largest absolute Gasteiger partial charge is 0.432 e. The molecule has 1 heterocycles. The number of hydrogen-bond donors (Lipinski definition) is 1. The zero-order valence-corrected chi connectivity index (χ0v) is 8.58. The Morgan fingerprint density at radius 1 is 1.54 bits per heavy atom. The van der Waals surface area contributed by atoms with E-state index in [9.17, 15) is 0 Å². The Balaban J connectivity index is 2.49. The molecule has 68 valence electrons. The third-order valence-electron chi connectivity index (χ3n) is 1.98. The molecular weight excluding hydrogens is 206 g/mol. The monoisotopic (exact) mass is 213 g/mol. The molecular formula is C9H8ClNOS. The molecule has 4 heteroatoms. The molecule has 2 nitrogen and oxygen atoms in total. The summed E-state index contributed by atoms with van der Waals surface area (Å²) >= 11 is 10.8. The summed E-state index contributed by atoms with van der Waals surface area (Å²) in [5.74, 6) is 0.792. The summed E-state index contributed by atoms with van der Waals surface area (Å²) in [6, 6.07) is 5.67. The van der Waals surface area contributed by atoms with Crippen LogP contribution in [0.15, 0.2) is 18.2 Å². The van der Waals surface area contributed by atoms with E-state index in [1.54, 1.807) is 6.07 Å². The van der Waals surface area contributed by atoms with Crippen LogP contribution in [0.2, 0.25) is 5.02 Å². The van der Waals surface area contributed by atoms with Gasteiger partial charge in [-0.05, 0) is 37.3 Å². The van der Waals surface area contributed by atoms with Crippen molar-refractivity contribution in [3.05, 3.63) is 28.8 Å². The maximum Gasteiger partial charge on any atom is 0.262 e. The first-order valence-electron chi connectivity index (χ1n) is 3.94. The highest BCUT2D eigenvalue weighted by molar-refractivity contribution is 7.80. The van der Waals surface area contributed by atoms with Crippen molar-refractivity contribution in [2.75, 3.05) is 0 Å². The third-order valence-corrected chi connectivity index (χ3v) is 2.41. The lowest BCUT2D eigenvalue weighted by Gasteiger charge is -2.25. The van der Waals surface area contributed by atoms with Crippen LogP contribution in [0.4, 0.5) is 0 Å². The lowest BCUT2D eigenvalue weighted by Crippen LogP contribution is -2.34. The molecule has 13 heavy (non-hydrogen) atoms. The average Bonchev–Trinajstić information content (AvgIpc) is 2.06. The number of thiocarbonyl (C=S) groups is 1. The van der Waals surface area contributed by atoms with Gasteiger partial charge in [0.15, 0.2) is 0 Å². The average molecular weight is 214 g/mol. The molecule has 0 fully saturated rings. The van der Waals surface area contributed by atoms with Gasteiger partial charge in [0.05, 0.1) is 6.04 Å². The molecule has 0 aliphatic carbocycles. The summed E-state index contributed by atoms with van der Waals surface area (Å²) in [5, 5.41) is 4.14. The zero-order chi connectivity index (χ0) is 9.42. The molecule has 0 aromatic heterocycles. The Bertz CT molecular complexity index is 367. The summed E-state index contributed by atoms with van der Waals surface area (Å²) < 4.78 is 5.32. The number of nitrogens with one attached hydrogen (secondary N) is 1. The van der Waals surface area contributed by atoms with Crippen LogP contribution in [-0.2, 0) is 0 Å². The van der Waals surface area contributed by atoms with Crippen molar-refractivity contribution in [2.24, 2.45) is 0 Å². The molecule has 0 spiro atoms. The van der Waals surface area contributed by atoms with Gasteiger partial charge in [0.25, 0.3) is 5.17 Å². The van der Waals surface area contributed by atoms with Gasteiger partial charge in [-0.3, -0.25) is 0 Å². The Morgan fingerprint density at radius 3 is 3.08 bits per heavy atom. The van der Waals surface area contributed by atoms with Gasteiger partial charge in [0, 0.05) is 10.6 Å². The van der Waals surface area contributed by atoms with Crippen molar-refractivity contribution in [3.8, 4) is 5.75 Å². The summed E-state index contributed by atoms with van der Waals surface area (Å²) in [5.41, 5.74) is 1.04. The second-order valence-corrected chi connectivity index (χ2v) is 3.74. The lowest BCUT2D eigenvalue weighted by atomic mass is 10.1. The first-order valence-corrected chi connectivity index (χ1v) is 4.73. The second kappa shape index (κ2) is 3.16. The fourth-order valence-corrected chi connectivity index (χ4v) is 1.78. The minimum absolute atomic E-state index is 0.162. The summed E-state index contributed by atoms with van der Waals surface area (Å²) in [6.45, 7) is 2.02. The number of halogens is 1. The van der Waals surface area contributed by atoms with E-state index in [4.69, 9.17) is 28.6 Å². The van der Waals surface area contributed by atoms with E-state index in [0.29, 0.717) is 10.2 Å². The minimum atomic E-state index is 0.162. The van der Waals surface area contributed by atoms with Crippen LogP contribution in [0.3, 0.4) is 0 Å². The maximum absolute atomic E-state index is 5.86. The van der Waals surface area contributed by atoms with Crippen molar-refractivity contribution in [1.82, 2.24) is 5.32 Å². The van der Waals surface area contributed by atoms with E-state index in [-0.39, 0.29) is 6.04 Å². The van der Waals surface area contributed by atoms with Crippen LogP contribution in [0.5, 0.6) is 5.75 Å². The highest BCUT2D eigenvalue weighted by Gasteiger charge is 2.20. The molecule has 1 unspecified atom stereocenters. The standard InChI is InChI=1S/C9H8ClNOS/c1-5-7-4-6(10)2-3-8(7)12-9(13)11-5/h2-5H,1H3,(H,11,13). The Hall–Kier alpha value is -0.800. The van der Waals surface area contributed by atoms with Gasteiger partial charge in [-0.25, -0.2) is 0 Å². The molecule has 0 saturated heterocycles. The lowest BCUT2D eigenvalue weighted by molar-refractivity contribution is 0.466. The van der Waals surface area contributed by atoms with E-state index in [2.05, 4.69) is 5.32 Å². The van der Waals surface area contributed by atoms with E-state index >= 15 is 0 Å². The van der Waals surface area contributed by atoms with Crippen molar-refractivity contribution in [2.45, 2.75) is 13.0 Å². The fraction of sp³-hybridized carbons (Fsp3) is 0.222. The number of rotatable bonds is 0. The van der Waals surface area contributed by atoms with Gasteiger partial charge < -0.3 is 10.1 Å². The smallest absolute Gasteiger partial charge is 0.262 e. The number of ether oxygens (including phenoxy) is 1. The zero-order valence-electron chi connectivity index (χ0n) is 7.00. The topological polar surface area (TPSA) is 21.3 Å². The normalized spacial score (nSPS) is 20.2. The SMILES string of the molecule is CC1NC(=S)Oc2ccc(Cl)cc21. The van der Waals surface area contributed by atoms with Crippen molar-refractivity contribution in [1.29, 1.82) is 0 Å². The van der Waals surface area contributed by atoms with E-state index in [1.165, 1.54) is 0 Å². The Kier molecular flexibility index (Phi) is 2.14. The summed E-state index contributed by atoms with van der Waals surface area (Å²) in [4.78, 5) is 0. The van der Waals surface area contributed by atoms with Gasteiger partial charge in [0.2, 0.25) is 0 Å². The molecule has 0 bridgehead atoms. The predicted molar refractivity (Wildman–Crippen MR) is 56.2 cm³/mol. The number of benzene rings is 1. The van der Waals surface area contributed by atoms with Crippen molar-refractivity contribution < 1.29 is 4.74 Å². The summed E-state index contributed by atoms with van der Waals surface area (Å²) in [6.07, 6.45) is 0. The van der Waals surface area contributed by atoms with E-state index < -0.39 is 0 Å². The fourth-order valence-electron chi connectivity index (χ4n) is 1.33. The molecule has 0 radical (unpaired) electrons. The van der Waals surface area contributed by atoms with Crippen LogP contribution in [0.1, 0.15) is 18.5 Å². The highest BCUT2D eigenvalue weighted by atomic mass is 35.5. The Morgan fingerprint density at radius 2 is 2.31 bits per heavy atom. The molecule has 0 saturated carbocycles. The predicted octanol–water partition coefficient (Wildman–Crippen LogP) is 2.67. The van der Waals surface area contributed by atoms with Gasteiger partial charge >= 0.3 is 0 Å². The molecule has 1 aromatic rings. The van der Waals surface area contributed by atoms with Crippen LogP contribution in [0, 0.1) is 0 Å². The van der Waals surface area contributed by atoms with E-state index in [0.717, 1.165) is 11.3 Å². The minimum Gasteiger partial charge on any atom is -0.432 e. The quantitative estimate of drug-likeness (QED) is 0.670. The van der Waals surface area contributed by atoms with Crippen molar-refractivity contribution >= 4 is 29.0 Å². The Labute approximate surface area is 86.8 Å². The highest BCUT2D eigenvalue weighted by Crippen LogP contribution is 2.31. The van der Waals surface area contributed by atoms with Gasteiger partial charge in [-0.2, -0.15) is 0 Å². The van der Waals surface area contributed by atoms with Crippen LogP contribution >= 0.6 is 23.8 Å². The number of hydrogen-bond acceptors (Lipinski definition) is 2. The van der Waals surface area contributed by atoms with Gasteiger partial charge in [-0.15, -0.1) is 0 Å². The maximum atomic E-state index is 5.86. The summed E-state index contributed by atoms with van der Waals surface area (Å²) in [7, 11) is 0. The third kappa shape index (κ3) is 1.62. The first-order chi connectivity index (χ1) is 6.16. The molecule has 1 N–H and O–H groups in total. The van der Waals surface area contributed by atoms with Gasteiger partial charge in [0.1, 0.15) is 5.75 Å². The molecule has 1 aliphatic rings. The number of fused-ring (bicyclic) bond motifs is 1. The van der Waals surface area contributed by atoms with Crippen molar-refractivity contribution in [3.63, 3.8) is 0 Å². The molecule has 1 aromatic carbocycles. The van der Waals surface area contributed by atoms with Crippen LogP contribution in [-0.4, -0.2) is 5.17 Å². The van der Waals surface area contributed by atoms with Crippen LogP contribution in [0.25, 0.3) is 0 Å². The molecule has 0 amide bonds. The van der Waals surface area contributed by atoms with Crippen LogP contribution < -0.4 is 10.1 Å². The first kappa shape index (κ1) is 8.78. The second-order valence-electron chi connectivity index (χ2n) is 2.94. The molecule has 1 aliphatic heterocycles. The van der Waals surface area contributed by atoms with Gasteiger partial charge in [-0.1, -0.05) is 11.6 Å².